The molecule has 2 aliphatic heterocycles. The quantitative estimate of drug-likeness (QED) is 0.647. The molecule has 0 saturated carbocycles. The molecule has 0 spiro atoms. The third-order valence-corrected chi connectivity index (χ3v) is 3.86. The van der Waals surface area contributed by atoms with Crippen molar-refractivity contribution in [3.05, 3.63) is 0 Å². The van der Waals surface area contributed by atoms with E-state index in [2.05, 4.69) is 0 Å². The number of hydrogen-bond donors (Lipinski definition) is 1. The Hall–Kier alpha value is -0.710. The van der Waals surface area contributed by atoms with E-state index in [1.807, 2.05) is 6.26 Å². The molecule has 0 aromatic carbocycles. The van der Waals surface area contributed by atoms with Crippen LogP contribution in [0.1, 0.15) is 12.8 Å². The Morgan fingerprint density at radius 3 is 2.85 bits per heavy atom. The van der Waals surface area contributed by atoms with E-state index >= 15 is 0 Å². The van der Waals surface area contributed by atoms with E-state index in [9.17, 15) is 9.59 Å². The molecule has 0 aromatic heterocycles. The topological polar surface area (TPSA) is 57.6 Å². The molecule has 2 aliphatic rings. The Labute approximate surface area is 80.3 Å². The average Bonchev–Trinajstić information content (AvgIpc) is 2.37. The van der Waals surface area contributed by atoms with Gasteiger partial charge in [0.05, 0.1) is 0 Å². The lowest BCUT2D eigenvalue weighted by Crippen LogP contribution is -2.55. The zero-order valence-electron chi connectivity index (χ0n) is 7.27. The number of carbonyl (C=O) groups is 2. The van der Waals surface area contributed by atoms with Gasteiger partial charge in [-0.3, -0.25) is 4.79 Å². The summed E-state index contributed by atoms with van der Waals surface area (Å²) < 4.78 is 0. The van der Waals surface area contributed by atoms with Crippen LogP contribution < -0.4 is 0 Å². The third kappa shape index (κ3) is 1.14. The van der Waals surface area contributed by atoms with Crippen LogP contribution in [0.3, 0.4) is 0 Å². The highest BCUT2D eigenvalue weighted by atomic mass is 32.2. The predicted molar refractivity (Wildman–Crippen MR) is 48.6 cm³/mol. The van der Waals surface area contributed by atoms with E-state index in [0.717, 1.165) is 6.42 Å². The van der Waals surface area contributed by atoms with E-state index in [0.29, 0.717) is 6.42 Å². The van der Waals surface area contributed by atoms with Crippen molar-refractivity contribution in [2.45, 2.75) is 30.2 Å². The van der Waals surface area contributed by atoms with Gasteiger partial charge < -0.3 is 10.0 Å². The van der Waals surface area contributed by atoms with Crippen LogP contribution in [-0.2, 0) is 9.59 Å². The number of aliphatic carboxylic acids is 1. The van der Waals surface area contributed by atoms with Crippen LogP contribution in [0, 0.1) is 0 Å². The first-order valence-electron chi connectivity index (χ1n) is 4.22. The van der Waals surface area contributed by atoms with Gasteiger partial charge in [0.2, 0.25) is 5.91 Å². The van der Waals surface area contributed by atoms with Gasteiger partial charge in [-0.05, 0) is 12.7 Å². The van der Waals surface area contributed by atoms with Gasteiger partial charge >= 0.3 is 5.97 Å². The SMILES string of the molecule is CS[C@H]1CC2CC(=O)N2[C@@H]1C(=O)O. The van der Waals surface area contributed by atoms with E-state index in [4.69, 9.17) is 5.11 Å². The summed E-state index contributed by atoms with van der Waals surface area (Å²) in [5.41, 5.74) is 0. The van der Waals surface area contributed by atoms with Crippen molar-refractivity contribution >= 4 is 23.6 Å². The number of amides is 1. The maximum Gasteiger partial charge on any atom is 0.327 e. The Balaban J connectivity index is 2.19. The molecular weight excluding hydrogens is 190 g/mol. The van der Waals surface area contributed by atoms with Gasteiger partial charge in [0.1, 0.15) is 6.04 Å². The van der Waals surface area contributed by atoms with E-state index in [1.165, 1.54) is 4.90 Å². The van der Waals surface area contributed by atoms with Crippen molar-refractivity contribution in [2.24, 2.45) is 0 Å². The fraction of sp³-hybridized carbons (Fsp3) is 0.750. The van der Waals surface area contributed by atoms with Gasteiger partial charge in [0, 0.05) is 17.7 Å². The summed E-state index contributed by atoms with van der Waals surface area (Å²) in [6, 6.07) is -0.382. The number of carboxylic acids is 1. The van der Waals surface area contributed by atoms with Crippen molar-refractivity contribution in [1.82, 2.24) is 4.90 Å². The summed E-state index contributed by atoms with van der Waals surface area (Å²) >= 11 is 1.54. The molecule has 0 radical (unpaired) electrons. The fourth-order valence-corrected chi connectivity index (χ4v) is 3.07. The number of carboxylic acid groups (broad SMARTS) is 1. The fourth-order valence-electron chi connectivity index (χ4n) is 2.15. The summed E-state index contributed by atoms with van der Waals surface area (Å²) in [6.45, 7) is 0. The molecule has 0 bridgehead atoms. The second-order valence-electron chi connectivity index (χ2n) is 3.45. The van der Waals surface area contributed by atoms with E-state index < -0.39 is 12.0 Å². The van der Waals surface area contributed by atoms with Crippen LogP contribution in [0.2, 0.25) is 0 Å². The van der Waals surface area contributed by atoms with Gasteiger partial charge in [-0.15, -0.1) is 0 Å². The van der Waals surface area contributed by atoms with Crippen LogP contribution in [0.25, 0.3) is 0 Å². The summed E-state index contributed by atoms with van der Waals surface area (Å²) in [6.07, 6.45) is 3.28. The second-order valence-corrected chi connectivity index (χ2v) is 4.53. The number of thioether (sulfide) groups is 1. The maximum absolute atomic E-state index is 11.1. The number of carbonyl (C=O) groups excluding carboxylic acids is 1. The Morgan fingerprint density at radius 1 is 1.69 bits per heavy atom. The maximum atomic E-state index is 11.1. The lowest BCUT2D eigenvalue weighted by atomic mass is 10.0. The zero-order valence-corrected chi connectivity index (χ0v) is 8.08. The number of fused-ring (bicyclic) bond motifs is 1. The van der Waals surface area contributed by atoms with Crippen LogP contribution in [0.4, 0.5) is 0 Å². The molecular formula is C8H11NO3S. The number of hydrogen-bond acceptors (Lipinski definition) is 3. The van der Waals surface area contributed by atoms with E-state index in [1.54, 1.807) is 11.8 Å². The van der Waals surface area contributed by atoms with Gasteiger partial charge in [-0.25, -0.2) is 4.79 Å². The molecule has 3 atom stereocenters. The van der Waals surface area contributed by atoms with Gasteiger partial charge in [0.25, 0.3) is 0 Å². The Bertz CT molecular complexity index is 268. The molecule has 0 aromatic rings. The normalized spacial score (nSPS) is 37.2. The molecule has 2 heterocycles. The average molecular weight is 201 g/mol. The van der Waals surface area contributed by atoms with Crippen molar-refractivity contribution in [1.29, 1.82) is 0 Å². The number of nitrogens with zero attached hydrogens (tertiary/aromatic N) is 1. The van der Waals surface area contributed by atoms with Gasteiger partial charge in [0.15, 0.2) is 0 Å². The number of β-lactam (4-membered cyclic amide) rings is 1. The lowest BCUT2D eigenvalue weighted by molar-refractivity contribution is -0.156. The van der Waals surface area contributed by atoms with Crippen LogP contribution in [0.15, 0.2) is 0 Å². The molecule has 1 amide bonds. The number of rotatable bonds is 2. The first-order chi connectivity index (χ1) is 6.15. The van der Waals surface area contributed by atoms with Crippen LogP contribution in [-0.4, -0.2) is 45.5 Å². The molecule has 2 fully saturated rings. The third-order valence-electron chi connectivity index (χ3n) is 2.80. The molecule has 0 aliphatic carbocycles. The molecule has 4 nitrogen and oxygen atoms in total. The first-order valence-corrected chi connectivity index (χ1v) is 5.50. The van der Waals surface area contributed by atoms with Crippen LogP contribution >= 0.6 is 11.8 Å². The summed E-state index contributed by atoms with van der Waals surface area (Å²) in [5.74, 6) is -0.871. The first kappa shape index (κ1) is 8.87. The van der Waals surface area contributed by atoms with E-state index in [-0.39, 0.29) is 17.2 Å². The Morgan fingerprint density at radius 2 is 2.38 bits per heavy atom. The highest BCUT2D eigenvalue weighted by Crippen LogP contribution is 2.39. The van der Waals surface area contributed by atoms with Crippen LogP contribution in [0.5, 0.6) is 0 Å². The minimum Gasteiger partial charge on any atom is -0.480 e. The highest BCUT2D eigenvalue weighted by Gasteiger charge is 2.53. The van der Waals surface area contributed by atoms with Crippen molar-refractivity contribution in [3.63, 3.8) is 0 Å². The van der Waals surface area contributed by atoms with Crippen molar-refractivity contribution in [3.8, 4) is 0 Å². The summed E-state index contributed by atoms with van der Waals surface area (Å²) in [7, 11) is 0. The highest BCUT2D eigenvalue weighted by molar-refractivity contribution is 7.99. The smallest absolute Gasteiger partial charge is 0.327 e. The Kier molecular flexibility index (Phi) is 1.98. The minimum atomic E-state index is -0.866. The largest absolute Gasteiger partial charge is 0.480 e. The van der Waals surface area contributed by atoms with Gasteiger partial charge in [-0.1, -0.05) is 0 Å². The van der Waals surface area contributed by atoms with Gasteiger partial charge in [-0.2, -0.15) is 11.8 Å². The summed E-state index contributed by atoms with van der Waals surface area (Å²) in [4.78, 5) is 23.6. The standard InChI is InChI=1S/C8H11NO3S/c1-13-5-2-4-3-6(10)9(4)7(5)8(11)12/h4-5,7H,2-3H2,1H3,(H,11,12)/t4?,5-,7-/m0/s1. The molecule has 1 N–H and O–H groups in total. The zero-order chi connectivity index (χ0) is 9.59. The monoisotopic (exact) mass is 201 g/mol. The molecule has 5 heteroatoms. The molecule has 13 heavy (non-hydrogen) atoms. The minimum absolute atomic E-state index is 0.00560. The second kappa shape index (κ2) is 2.90. The van der Waals surface area contributed by atoms with Crippen molar-refractivity contribution < 1.29 is 14.7 Å². The van der Waals surface area contributed by atoms with Crippen molar-refractivity contribution in [2.75, 3.05) is 6.26 Å². The molecule has 72 valence electrons. The summed E-state index contributed by atoms with van der Waals surface area (Å²) in [5, 5.41) is 9.03. The molecule has 2 saturated heterocycles. The molecule has 2 rings (SSSR count). The predicted octanol–water partition coefficient (Wildman–Crippen LogP) is 0.176. The molecule has 1 unspecified atom stereocenters. The lowest BCUT2D eigenvalue weighted by Gasteiger charge is -2.37.